The Morgan fingerprint density at radius 1 is 0.812 bits per heavy atom. The normalized spacial score (nSPS) is 17.2. The number of methoxy groups -OCH3 is 3. The highest BCUT2D eigenvalue weighted by atomic mass is 16.5. The van der Waals surface area contributed by atoms with Crippen LogP contribution in [-0.2, 0) is 9.59 Å². The third-order valence-corrected chi connectivity index (χ3v) is 6.16. The quantitative estimate of drug-likeness (QED) is 0.643. The van der Waals surface area contributed by atoms with E-state index in [4.69, 9.17) is 14.2 Å². The number of para-hydroxylation sites is 2. The monoisotopic (exact) mass is 436 g/mol. The molecule has 2 aromatic carbocycles. The summed E-state index contributed by atoms with van der Waals surface area (Å²) in [4.78, 5) is 30.7. The molecule has 32 heavy (non-hydrogen) atoms. The van der Waals surface area contributed by atoms with Crippen LogP contribution >= 0.6 is 0 Å². The van der Waals surface area contributed by atoms with Crippen LogP contribution in [-0.4, -0.2) is 51.1 Å². The summed E-state index contributed by atoms with van der Waals surface area (Å²) >= 11 is 0. The fourth-order valence-electron chi connectivity index (χ4n) is 4.33. The van der Waals surface area contributed by atoms with Crippen molar-refractivity contribution >= 4 is 23.1 Å². The second-order valence-electron chi connectivity index (χ2n) is 8.08. The summed E-state index contributed by atoms with van der Waals surface area (Å²) in [5.41, 5.74) is 1.85. The molecule has 0 unspecified atom stereocenters. The third kappa shape index (κ3) is 3.68. The zero-order chi connectivity index (χ0) is 22.8. The van der Waals surface area contributed by atoms with Crippen LogP contribution in [0.5, 0.6) is 17.2 Å². The van der Waals surface area contributed by atoms with E-state index in [0.717, 1.165) is 25.9 Å². The van der Waals surface area contributed by atoms with Crippen molar-refractivity contribution in [2.24, 2.45) is 5.92 Å². The average Bonchev–Trinajstić information content (AvgIpc) is 3.08. The van der Waals surface area contributed by atoms with Gasteiger partial charge in [-0.15, -0.1) is 0 Å². The van der Waals surface area contributed by atoms with E-state index in [1.54, 1.807) is 50.6 Å². The molecular formula is C25H28N2O5. The highest BCUT2D eigenvalue weighted by Crippen LogP contribution is 2.41. The molecule has 4 rings (SSSR count). The maximum atomic E-state index is 13.7. The maximum absolute atomic E-state index is 13.7. The smallest absolute Gasteiger partial charge is 0.282 e. The Hall–Kier alpha value is -3.48. The first kappa shape index (κ1) is 21.7. The van der Waals surface area contributed by atoms with Crippen molar-refractivity contribution in [3.05, 3.63) is 53.7 Å². The molecule has 0 atom stereocenters. The average molecular weight is 437 g/mol. The van der Waals surface area contributed by atoms with Gasteiger partial charge in [0, 0.05) is 13.1 Å². The molecule has 0 aliphatic carbocycles. The van der Waals surface area contributed by atoms with Crippen LogP contribution in [0.25, 0.3) is 5.57 Å². The SMILES string of the molecule is COc1ccc(C2=C(N3CCC(C)CC3)C(=O)N(c3ccccc3OC)C2=O)cc1OC. The van der Waals surface area contributed by atoms with Gasteiger partial charge in [0.2, 0.25) is 0 Å². The first-order chi connectivity index (χ1) is 15.5. The molecule has 2 aromatic rings. The number of carbonyl (C=O) groups excluding carboxylic acids is 2. The fourth-order valence-corrected chi connectivity index (χ4v) is 4.33. The lowest BCUT2D eigenvalue weighted by atomic mass is 9.97. The van der Waals surface area contributed by atoms with Crippen LogP contribution in [0.1, 0.15) is 25.3 Å². The van der Waals surface area contributed by atoms with E-state index in [1.807, 2.05) is 11.0 Å². The number of ether oxygens (including phenoxy) is 3. The highest BCUT2D eigenvalue weighted by Gasteiger charge is 2.44. The van der Waals surface area contributed by atoms with Crippen LogP contribution < -0.4 is 19.1 Å². The van der Waals surface area contributed by atoms with Crippen molar-refractivity contribution < 1.29 is 23.8 Å². The van der Waals surface area contributed by atoms with Crippen molar-refractivity contribution in [3.8, 4) is 17.2 Å². The lowest BCUT2D eigenvalue weighted by Gasteiger charge is -2.32. The number of nitrogens with zero attached hydrogens (tertiary/aromatic N) is 2. The zero-order valence-corrected chi connectivity index (χ0v) is 18.9. The molecule has 2 amide bonds. The van der Waals surface area contributed by atoms with E-state index in [0.29, 0.717) is 45.7 Å². The van der Waals surface area contributed by atoms with E-state index in [-0.39, 0.29) is 11.8 Å². The van der Waals surface area contributed by atoms with Gasteiger partial charge in [0.25, 0.3) is 11.8 Å². The summed E-state index contributed by atoms with van der Waals surface area (Å²) in [5, 5.41) is 0. The molecular weight excluding hydrogens is 408 g/mol. The number of amides is 2. The molecule has 0 N–H and O–H groups in total. The number of anilines is 1. The van der Waals surface area contributed by atoms with E-state index >= 15 is 0 Å². The van der Waals surface area contributed by atoms with Crippen LogP contribution in [0.2, 0.25) is 0 Å². The number of likely N-dealkylation sites (tertiary alicyclic amines) is 1. The van der Waals surface area contributed by atoms with E-state index in [9.17, 15) is 9.59 Å². The van der Waals surface area contributed by atoms with Crippen LogP contribution in [0, 0.1) is 5.92 Å². The van der Waals surface area contributed by atoms with Crippen molar-refractivity contribution in [1.82, 2.24) is 4.90 Å². The summed E-state index contributed by atoms with van der Waals surface area (Å²) in [6.07, 6.45) is 1.94. The Morgan fingerprint density at radius 2 is 1.47 bits per heavy atom. The Labute approximate surface area is 188 Å². The van der Waals surface area contributed by atoms with Crippen LogP contribution in [0.3, 0.4) is 0 Å². The molecule has 0 radical (unpaired) electrons. The number of hydrogen-bond acceptors (Lipinski definition) is 6. The Morgan fingerprint density at radius 3 is 2.12 bits per heavy atom. The predicted octanol–water partition coefficient (Wildman–Crippen LogP) is 3.73. The molecule has 0 saturated carbocycles. The van der Waals surface area contributed by atoms with Crippen molar-refractivity contribution in [1.29, 1.82) is 0 Å². The summed E-state index contributed by atoms with van der Waals surface area (Å²) in [6.45, 7) is 3.67. The van der Waals surface area contributed by atoms with Crippen molar-refractivity contribution in [2.75, 3.05) is 39.3 Å². The number of benzene rings is 2. The van der Waals surface area contributed by atoms with Crippen LogP contribution in [0.4, 0.5) is 5.69 Å². The lowest BCUT2D eigenvalue weighted by Crippen LogP contribution is -2.38. The number of hydrogen-bond donors (Lipinski definition) is 0. The largest absolute Gasteiger partial charge is 0.495 e. The van der Waals surface area contributed by atoms with Gasteiger partial charge >= 0.3 is 0 Å². The molecule has 0 bridgehead atoms. The maximum Gasteiger partial charge on any atom is 0.282 e. The summed E-state index contributed by atoms with van der Waals surface area (Å²) in [5.74, 6) is 1.41. The third-order valence-electron chi connectivity index (χ3n) is 6.16. The fraction of sp³-hybridized carbons (Fsp3) is 0.360. The molecule has 168 valence electrons. The van der Waals surface area contributed by atoms with Crippen LogP contribution in [0.15, 0.2) is 48.2 Å². The molecule has 1 saturated heterocycles. The van der Waals surface area contributed by atoms with Gasteiger partial charge in [-0.3, -0.25) is 9.59 Å². The topological polar surface area (TPSA) is 68.3 Å². The van der Waals surface area contributed by atoms with Gasteiger partial charge in [-0.05, 0) is 48.6 Å². The van der Waals surface area contributed by atoms with E-state index in [1.165, 1.54) is 12.0 Å². The van der Waals surface area contributed by atoms with Gasteiger partial charge in [-0.2, -0.15) is 0 Å². The molecule has 2 aliphatic rings. The minimum Gasteiger partial charge on any atom is -0.495 e. The van der Waals surface area contributed by atoms with Crippen molar-refractivity contribution in [2.45, 2.75) is 19.8 Å². The molecule has 2 heterocycles. The minimum atomic E-state index is -0.375. The standard InChI is InChI=1S/C25H28N2O5/c1-16-11-13-26(14-12-16)23-22(17-9-10-20(31-3)21(15-17)32-4)24(28)27(25(23)29)18-7-5-6-8-19(18)30-2/h5-10,15-16H,11-14H2,1-4H3. The predicted molar refractivity (Wildman–Crippen MR) is 122 cm³/mol. The van der Waals surface area contributed by atoms with Gasteiger partial charge in [0.1, 0.15) is 11.4 Å². The Bertz CT molecular complexity index is 1070. The van der Waals surface area contributed by atoms with Gasteiger partial charge < -0.3 is 19.1 Å². The van der Waals surface area contributed by atoms with Gasteiger partial charge in [0.05, 0.1) is 32.6 Å². The summed E-state index contributed by atoms with van der Waals surface area (Å²) < 4.78 is 16.2. The number of carbonyl (C=O) groups is 2. The van der Waals surface area contributed by atoms with Gasteiger partial charge in [-0.1, -0.05) is 25.1 Å². The second kappa shape index (κ2) is 8.94. The highest BCUT2D eigenvalue weighted by molar-refractivity contribution is 6.45. The van der Waals surface area contributed by atoms with E-state index < -0.39 is 0 Å². The van der Waals surface area contributed by atoms with Gasteiger partial charge in [0.15, 0.2) is 11.5 Å². The molecule has 0 spiro atoms. The summed E-state index contributed by atoms with van der Waals surface area (Å²) in [7, 11) is 4.63. The molecule has 1 fully saturated rings. The van der Waals surface area contributed by atoms with Gasteiger partial charge in [-0.25, -0.2) is 4.90 Å². The lowest BCUT2D eigenvalue weighted by molar-refractivity contribution is -0.120. The number of piperidine rings is 1. The Balaban J connectivity index is 1.85. The minimum absolute atomic E-state index is 0.334. The molecule has 0 aromatic heterocycles. The molecule has 2 aliphatic heterocycles. The van der Waals surface area contributed by atoms with E-state index in [2.05, 4.69) is 6.92 Å². The summed E-state index contributed by atoms with van der Waals surface area (Å²) in [6, 6.07) is 12.4. The first-order valence-electron chi connectivity index (χ1n) is 10.7. The number of imide groups is 1. The van der Waals surface area contributed by atoms with Crippen molar-refractivity contribution in [3.63, 3.8) is 0 Å². The second-order valence-corrected chi connectivity index (χ2v) is 8.08. The first-order valence-corrected chi connectivity index (χ1v) is 10.7. The zero-order valence-electron chi connectivity index (χ0n) is 18.9. The Kier molecular flexibility index (Phi) is 6.08. The molecule has 7 heteroatoms. The molecule has 7 nitrogen and oxygen atoms in total. The number of rotatable bonds is 6.